The van der Waals surface area contributed by atoms with Gasteiger partial charge in [-0.3, -0.25) is 0 Å². The molecule has 1 fully saturated rings. The van der Waals surface area contributed by atoms with Crippen molar-refractivity contribution >= 4 is 17.4 Å². The Hall–Kier alpha value is -1.11. The summed E-state index contributed by atoms with van der Waals surface area (Å²) in [6, 6.07) is 1.66. The lowest BCUT2D eigenvalue weighted by Gasteiger charge is -2.45. The summed E-state index contributed by atoms with van der Waals surface area (Å²) in [4.78, 5) is 14.3. The summed E-state index contributed by atoms with van der Waals surface area (Å²) >= 11 is 1.54. The highest BCUT2D eigenvalue weighted by Gasteiger charge is 2.37. The number of nitrogens with one attached hydrogen (secondary N) is 2. The van der Waals surface area contributed by atoms with Gasteiger partial charge in [-0.1, -0.05) is 19.8 Å². The Labute approximate surface area is 143 Å². The van der Waals surface area contributed by atoms with Crippen molar-refractivity contribution in [3.63, 3.8) is 0 Å². The minimum atomic E-state index is -0.649. The highest BCUT2D eigenvalue weighted by Crippen LogP contribution is 2.35. The largest absolute Gasteiger partial charge is 0.387 e. The number of carbonyl (C=O) groups is 1. The average molecular weight is 340 g/mol. The van der Waals surface area contributed by atoms with Gasteiger partial charge in [-0.2, -0.15) is 11.3 Å². The summed E-state index contributed by atoms with van der Waals surface area (Å²) in [6.45, 7) is 3.16. The van der Waals surface area contributed by atoms with E-state index < -0.39 is 6.10 Å². The van der Waals surface area contributed by atoms with Crippen LogP contribution < -0.4 is 10.6 Å². The van der Waals surface area contributed by atoms with E-state index >= 15 is 0 Å². The van der Waals surface area contributed by atoms with Crippen LogP contribution in [0.1, 0.15) is 44.3 Å². The smallest absolute Gasteiger partial charge is 0.314 e. The number of aliphatic hydroxyl groups is 1. The van der Waals surface area contributed by atoms with Crippen LogP contribution in [0, 0.1) is 5.92 Å². The van der Waals surface area contributed by atoms with Crippen LogP contribution in [0.2, 0.25) is 0 Å². The Morgan fingerprint density at radius 3 is 2.91 bits per heavy atom. The van der Waals surface area contributed by atoms with Crippen molar-refractivity contribution in [1.29, 1.82) is 0 Å². The zero-order chi connectivity index (χ0) is 16.9. The highest BCUT2D eigenvalue weighted by atomic mass is 32.1. The molecule has 6 heteroatoms. The van der Waals surface area contributed by atoms with Gasteiger partial charge in [-0.15, -0.1) is 0 Å². The second kappa shape index (κ2) is 8.13. The fraction of sp³-hybridized carbons (Fsp3) is 0.706. The molecule has 0 aromatic carbocycles. The average Bonchev–Trinajstić information content (AvgIpc) is 3.05. The molecule has 3 unspecified atom stereocenters. The molecule has 0 aliphatic heterocycles. The Morgan fingerprint density at radius 1 is 1.52 bits per heavy atom. The molecular weight excluding hydrogens is 310 g/mol. The van der Waals surface area contributed by atoms with Gasteiger partial charge in [0.1, 0.15) is 0 Å². The number of urea groups is 1. The molecule has 0 spiro atoms. The van der Waals surface area contributed by atoms with Gasteiger partial charge in [0.15, 0.2) is 0 Å². The number of hydrogen-bond acceptors (Lipinski definition) is 4. The van der Waals surface area contributed by atoms with Gasteiger partial charge >= 0.3 is 6.03 Å². The molecule has 1 aliphatic carbocycles. The molecule has 23 heavy (non-hydrogen) atoms. The summed E-state index contributed by atoms with van der Waals surface area (Å²) < 4.78 is 0. The fourth-order valence-corrected chi connectivity index (χ4v) is 4.14. The van der Waals surface area contributed by atoms with Gasteiger partial charge in [0.05, 0.1) is 6.10 Å². The molecule has 130 valence electrons. The molecule has 2 rings (SSSR count). The maximum Gasteiger partial charge on any atom is 0.314 e. The summed E-state index contributed by atoms with van der Waals surface area (Å²) in [5.74, 6) is 0.691. The van der Waals surface area contributed by atoms with Gasteiger partial charge in [0.2, 0.25) is 0 Å². The molecule has 3 atom stereocenters. The molecule has 0 bridgehead atoms. The summed E-state index contributed by atoms with van der Waals surface area (Å²) in [5.41, 5.74) is 0.891. The predicted molar refractivity (Wildman–Crippen MR) is 94.7 cm³/mol. The van der Waals surface area contributed by atoms with Crippen molar-refractivity contribution in [2.45, 2.75) is 44.2 Å². The number of carbonyl (C=O) groups excluding carboxylic acids is 1. The zero-order valence-electron chi connectivity index (χ0n) is 14.3. The Bertz CT molecular complexity index is 492. The molecule has 1 aliphatic rings. The minimum absolute atomic E-state index is 0.0426. The lowest BCUT2D eigenvalue weighted by Crippen LogP contribution is -2.56. The quantitative estimate of drug-likeness (QED) is 0.746. The van der Waals surface area contributed by atoms with Crippen LogP contribution in [-0.2, 0) is 0 Å². The van der Waals surface area contributed by atoms with E-state index in [9.17, 15) is 9.90 Å². The van der Waals surface area contributed by atoms with Crippen molar-refractivity contribution in [2.75, 3.05) is 27.2 Å². The number of thiophene rings is 1. The maximum absolute atomic E-state index is 12.1. The Morgan fingerprint density at radius 2 is 2.30 bits per heavy atom. The number of hydrogen-bond donors (Lipinski definition) is 3. The number of rotatable bonds is 6. The normalized spacial score (nSPS) is 26.0. The highest BCUT2D eigenvalue weighted by molar-refractivity contribution is 7.07. The van der Waals surface area contributed by atoms with Crippen molar-refractivity contribution in [1.82, 2.24) is 15.5 Å². The van der Waals surface area contributed by atoms with Gasteiger partial charge in [0.25, 0.3) is 0 Å². The zero-order valence-corrected chi connectivity index (χ0v) is 15.2. The number of likely N-dealkylation sites (N-methyl/N-ethyl adjacent to an activating group) is 1. The molecule has 1 saturated carbocycles. The molecule has 2 amide bonds. The van der Waals surface area contributed by atoms with Crippen molar-refractivity contribution in [3.05, 3.63) is 22.4 Å². The topological polar surface area (TPSA) is 64.6 Å². The van der Waals surface area contributed by atoms with Crippen LogP contribution >= 0.6 is 11.3 Å². The SMILES string of the molecule is CC1CCCC(CNC(=O)NCC(O)c2ccsc2)(N(C)C)C1. The first-order valence-electron chi connectivity index (χ1n) is 8.32. The minimum Gasteiger partial charge on any atom is -0.387 e. The Balaban J connectivity index is 1.80. The molecular formula is C17H29N3O2S. The van der Waals surface area contributed by atoms with Crippen LogP contribution in [0.5, 0.6) is 0 Å². The molecule has 1 aromatic rings. The first-order chi connectivity index (χ1) is 10.9. The van der Waals surface area contributed by atoms with E-state index in [-0.39, 0.29) is 18.1 Å². The number of aliphatic hydroxyl groups excluding tert-OH is 1. The second-order valence-corrected chi connectivity index (χ2v) is 7.74. The van der Waals surface area contributed by atoms with Crippen molar-refractivity contribution < 1.29 is 9.90 Å². The van der Waals surface area contributed by atoms with E-state index in [2.05, 4.69) is 36.6 Å². The molecule has 1 heterocycles. The van der Waals surface area contributed by atoms with Crippen molar-refractivity contribution in [3.8, 4) is 0 Å². The number of nitrogens with zero attached hydrogens (tertiary/aromatic N) is 1. The van der Waals surface area contributed by atoms with Gasteiger partial charge in [-0.25, -0.2) is 4.79 Å². The van der Waals surface area contributed by atoms with E-state index in [4.69, 9.17) is 0 Å². The standard InChI is InChI=1S/C17H29N3O2S/c1-13-5-4-7-17(9-13,20(2)3)12-19-16(22)18-10-15(21)14-6-8-23-11-14/h6,8,11,13,15,21H,4-5,7,9-10,12H2,1-3H3,(H2,18,19,22). The third kappa shape index (κ3) is 4.93. The molecule has 3 N–H and O–H groups in total. The van der Waals surface area contributed by atoms with Gasteiger partial charge < -0.3 is 20.6 Å². The summed E-state index contributed by atoms with van der Waals surface area (Å²) in [5, 5.41) is 19.6. The molecule has 5 nitrogen and oxygen atoms in total. The first kappa shape index (κ1) is 18.2. The Kier molecular flexibility index (Phi) is 6.44. The monoisotopic (exact) mass is 339 g/mol. The van der Waals surface area contributed by atoms with Crippen LogP contribution in [0.15, 0.2) is 16.8 Å². The second-order valence-electron chi connectivity index (χ2n) is 6.96. The summed E-state index contributed by atoms with van der Waals surface area (Å²) in [6.07, 6.45) is 4.05. The van der Waals surface area contributed by atoms with Crippen LogP contribution in [-0.4, -0.2) is 48.8 Å². The van der Waals surface area contributed by atoms with E-state index in [0.29, 0.717) is 12.5 Å². The van der Waals surface area contributed by atoms with Crippen LogP contribution in [0.4, 0.5) is 4.79 Å². The van der Waals surface area contributed by atoms with E-state index in [1.165, 1.54) is 12.8 Å². The third-order valence-corrected chi connectivity index (χ3v) is 5.68. The molecule has 1 aromatic heterocycles. The van der Waals surface area contributed by atoms with E-state index in [0.717, 1.165) is 18.4 Å². The molecule has 0 radical (unpaired) electrons. The lowest BCUT2D eigenvalue weighted by atomic mass is 9.75. The van der Waals surface area contributed by atoms with Crippen LogP contribution in [0.25, 0.3) is 0 Å². The lowest BCUT2D eigenvalue weighted by molar-refractivity contribution is 0.0771. The number of amides is 2. The van der Waals surface area contributed by atoms with Crippen molar-refractivity contribution in [2.24, 2.45) is 5.92 Å². The predicted octanol–water partition coefficient (Wildman–Crippen LogP) is 2.59. The maximum atomic E-state index is 12.1. The van der Waals surface area contributed by atoms with Gasteiger partial charge in [0, 0.05) is 18.6 Å². The first-order valence-corrected chi connectivity index (χ1v) is 9.26. The fourth-order valence-electron chi connectivity index (χ4n) is 3.44. The third-order valence-electron chi connectivity index (χ3n) is 4.98. The van der Waals surface area contributed by atoms with E-state index in [1.54, 1.807) is 11.3 Å². The van der Waals surface area contributed by atoms with E-state index in [1.807, 2.05) is 16.8 Å². The molecule has 0 saturated heterocycles. The van der Waals surface area contributed by atoms with Crippen LogP contribution in [0.3, 0.4) is 0 Å². The summed E-state index contributed by atoms with van der Waals surface area (Å²) in [7, 11) is 4.19. The van der Waals surface area contributed by atoms with Gasteiger partial charge in [-0.05, 0) is 55.2 Å².